The van der Waals surface area contributed by atoms with Crippen LogP contribution in [-0.2, 0) is 14.8 Å². The van der Waals surface area contributed by atoms with Gasteiger partial charge in [-0.15, -0.1) is 0 Å². The van der Waals surface area contributed by atoms with Gasteiger partial charge in [0.25, 0.3) is 0 Å². The van der Waals surface area contributed by atoms with Crippen LogP contribution < -0.4 is 11.1 Å². The first-order chi connectivity index (χ1) is 8.80. The van der Waals surface area contributed by atoms with Crippen LogP contribution >= 0.6 is 12.2 Å². The summed E-state index contributed by atoms with van der Waals surface area (Å²) in [5.74, 6) is -0.424. The highest BCUT2D eigenvalue weighted by Crippen LogP contribution is 2.17. The summed E-state index contributed by atoms with van der Waals surface area (Å²) in [6.07, 6.45) is 1.40. The average Bonchev–Trinajstić information content (AvgIpc) is 2.38. The summed E-state index contributed by atoms with van der Waals surface area (Å²) in [6, 6.07) is 2.81. The number of pyridine rings is 1. The van der Waals surface area contributed by atoms with Crippen molar-refractivity contribution in [1.29, 1.82) is 0 Å². The number of hydrogen-bond donors (Lipinski definition) is 2. The Balaban J connectivity index is 3.21. The number of rotatable bonds is 5. The van der Waals surface area contributed by atoms with Crippen molar-refractivity contribution in [2.75, 3.05) is 20.6 Å². The van der Waals surface area contributed by atoms with Crippen molar-refractivity contribution in [2.45, 2.75) is 4.90 Å². The fourth-order valence-electron chi connectivity index (χ4n) is 1.32. The summed E-state index contributed by atoms with van der Waals surface area (Å²) in [7, 11) is -1.16. The van der Waals surface area contributed by atoms with Crippen LogP contribution in [0.3, 0.4) is 0 Å². The van der Waals surface area contributed by atoms with E-state index in [0.29, 0.717) is 0 Å². The SMILES string of the molecule is CNC(=O)CN(C)S(=O)(=O)c1cccnc1C(N)=S. The number of amides is 1. The van der Waals surface area contributed by atoms with Gasteiger partial charge in [0, 0.05) is 20.3 Å². The second-order valence-corrected chi connectivity index (χ2v) is 6.10. The molecule has 0 saturated heterocycles. The number of nitrogens with two attached hydrogens (primary N) is 1. The number of likely N-dealkylation sites (N-methyl/N-ethyl adjacent to an activating group) is 2. The molecule has 0 aliphatic rings. The van der Waals surface area contributed by atoms with E-state index >= 15 is 0 Å². The predicted molar refractivity (Wildman–Crippen MR) is 74.0 cm³/mol. The molecule has 0 atom stereocenters. The van der Waals surface area contributed by atoms with Crippen LogP contribution in [0.15, 0.2) is 23.2 Å². The highest BCUT2D eigenvalue weighted by Gasteiger charge is 2.26. The summed E-state index contributed by atoms with van der Waals surface area (Å²) < 4.78 is 25.5. The minimum atomic E-state index is -3.88. The van der Waals surface area contributed by atoms with E-state index in [1.807, 2.05) is 0 Å². The molecule has 0 aromatic carbocycles. The maximum absolute atomic E-state index is 12.3. The Labute approximate surface area is 116 Å². The monoisotopic (exact) mass is 302 g/mol. The van der Waals surface area contributed by atoms with Crippen LogP contribution in [0.5, 0.6) is 0 Å². The largest absolute Gasteiger partial charge is 0.388 e. The number of carbonyl (C=O) groups is 1. The zero-order valence-corrected chi connectivity index (χ0v) is 12.1. The average molecular weight is 302 g/mol. The standard InChI is InChI=1S/C10H14N4O3S2/c1-12-8(15)6-14(2)19(16,17)7-4-3-5-13-9(7)10(11)18/h3-5H,6H2,1-2H3,(H2,11,18)(H,12,15). The molecule has 104 valence electrons. The van der Waals surface area contributed by atoms with Crippen molar-refractivity contribution in [3.63, 3.8) is 0 Å². The minimum Gasteiger partial charge on any atom is -0.388 e. The maximum atomic E-state index is 12.3. The van der Waals surface area contributed by atoms with Crippen LogP contribution in [0.1, 0.15) is 5.69 Å². The molecule has 1 aromatic rings. The van der Waals surface area contributed by atoms with E-state index in [9.17, 15) is 13.2 Å². The second-order valence-electron chi connectivity index (χ2n) is 3.65. The van der Waals surface area contributed by atoms with Crippen molar-refractivity contribution in [3.05, 3.63) is 24.0 Å². The van der Waals surface area contributed by atoms with E-state index < -0.39 is 15.9 Å². The zero-order valence-electron chi connectivity index (χ0n) is 10.5. The van der Waals surface area contributed by atoms with E-state index in [1.54, 1.807) is 0 Å². The third-order valence-electron chi connectivity index (χ3n) is 2.34. The summed E-state index contributed by atoms with van der Waals surface area (Å²) >= 11 is 4.77. The molecule has 0 spiro atoms. The van der Waals surface area contributed by atoms with Crippen LogP contribution in [0.2, 0.25) is 0 Å². The summed E-state index contributed by atoms with van der Waals surface area (Å²) in [6.45, 7) is -0.301. The van der Waals surface area contributed by atoms with Crippen molar-refractivity contribution < 1.29 is 13.2 Å². The lowest BCUT2D eigenvalue weighted by molar-refractivity contribution is -0.120. The lowest BCUT2D eigenvalue weighted by Gasteiger charge is -2.17. The fourth-order valence-corrected chi connectivity index (χ4v) is 2.83. The Hall–Kier alpha value is -1.58. The summed E-state index contributed by atoms with van der Waals surface area (Å²) in [5, 5.41) is 2.35. The molecule has 0 bridgehead atoms. The van der Waals surface area contributed by atoms with Crippen LogP contribution in [-0.4, -0.2) is 49.2 Å². The van der Waals surface area contributed by atoms with Gasteiger partial charge in [0.2, 0.25) is 15.9 Å². The molecule has 1 heterocycles. The first-order valence-corrected chi connectivity index (χ1v) is 7.07. The smallest absolute Gasteiger partial charge is 0.245 e. The molecular formula is C10H14N4O3S2. The van der Waals surface area contributed by atoms with E-state index in [4.69, 9.17) is 18.0 Å². The first kappa shape index (κ1) is 15.5. The Morgan fingerprint density at radius 1 is 1.58 bits per heavy atom. The quantitative estimate of drug-likeness (QED) is 0.682. The Morgan fingerprint density at radius 2 is 2.21 bits per heavy atom. The third-order valence-corrected chi connectivity index (χ3v) is 4.37. The van der Waals surface area contributed by atoms with Gasteiger partial charge in [-0.25, -0.2) is 8.42 Å². The highest BCUT2D eigenvalue weighted by atomic mass is 32.2. The lowest BCUT2D eigenvalue weighted by atomic mass is 10.3. The highest BCUT2D eigenvalue weighted by molar-refractivity contribution is 7.89. The third kappa shape index (κ3) is 3.46. The van der Waals surface area contributed by atoms with Crippen molar-refractivity contribution >= 4 is 33.1 Å². The Bertz CT molecular complexity index is 601. The van der Waals surface area contributed by atoms with Gasteiger partial charge in [-0.3, -0.25) is 9.78 Å². The lowest BCUT2D eigenvalue weighted by Crippen LogP contribution is -2.37. The van der Waals surface area contributed by atoms with Gasteiger partial charge < -0.3 is 11.1 Å². The Kier molecular flexibility index (Phi) is 4.92. The van der Waals surface area contributed by atoms with Crippen molar-refractivity contribution in [1.82, 2.24) is 14.6 Å². The molecule has 19 heavy (non-hydrogen) atoms. The summed E-state index contributed by atoms with van der Waals surface area (Å²) in [4.78, 5) is 14.9. The maximum Gasteiger partial charge on any atom is 0.245 e. The van der Waals surface area contributed by atoms with E-state index in [2.05, 4.69) is 10.3 Å². The minimum absolute atomic E-state index is 0.0151. The van der Waals surface area contributed by atoms with Gasteiger partial charge in [0.1, 0.15) is 15.6 Å². The molecule has 1 rings (SSSR count). The normalized spacial score (nSPS) is 11.3. The molecule has 0 fully saturated rings. The van der Waals surface area contributed by atoms with Crippen molar-refractivity contribution in [3.8, 4) is 0 Å². The van der Waals surface area contributed by atoms with Crippen LogP contribution in [0.4, 0.5) is 0 Å². The van der Waals surface area contributed by atoms with Gasteiger partial charge in [-0.05, 0) is 12.1 Å². The number of aromatic nitrogens is 1. The number of nitrogens with zero attached hydrogens (tertiary/aromatic N) is 2. The summed E-state index contributed by atoms with van der Waals surface area (Å²) in [5.41, 5.74) is 5.46. The first-order valence-electron chi connectivity index (χ1n) is 5.22. The predicted octanol–water partition coefficient (Wildman–Crippen LogP) is -0.918. The molecule has 1 aromatic heterocycles. The molecule has 0 aliphatic carbocycles. The molecule has 7 nitrogen and oxygen atoms in total. The topological polar surface area (TPSA) is 105 Å². The van der Waals surface area contributed by atoms with E-state index in [1.165, 1.54) is 32.4 Å². The Morgan fingerprint density at radius 3 is 2.74 bits per heavy atom. The van der Waals surface area contributed by atoms with Gasteiger partial charge in [-0.2, -0.15) is 4.31 Å². The van der Waals surface area contributed by atoms with Gasteiger partial charge in [0.05, 0.1) is 6.54 Å². The number of hydrogen-bond acceptors (Lipinski definition) is 5. The van der Waals surface area contributed by atoms with Gasteiger partial charge in [0.15, 0.2) is 0 Å². The van der Waals surface area contributed by atoms with Gasteiger partial charge >= 0.3 is 0 Å². The molecular weight excluding hydrogens is 288 g/mol. The van der Waals surface area contributed by atoms with Crippen LogP contribution in [0, 0.1) is 0 Å². The second kappa shape index (κ2) is 6.04. The number of nitrogens with one attached hydrogen (secondary N) is 1. The number of sulfonamides is 1. The molecule has 3 N–H and O–H groups in total. The molecule has 9 heteroatoms. The molecule has 1 amide bonds. The van der Waals surface area contributed by atoms with E-state index in [-0.39, 0.29) is 22.1 Å². The zero-order chi connectivity index (χ0) is 14.6. The molecule has 0 aliphatic heterocycles. The van der Waals surface area contributed by atoms with Gasteiger partial charge in [-0.1, -0.05) is 12.2 Å². The number of thiocarbonyl (C=S) groups is 1. The fraction of sp³-hybridized carbons (Fsp3) is 0.300. The van der Waals surface area contributed by atoms with E-state index in [0.717, 1.165) is 4.31 Å². The molecule has 0 saturated carbocycles. The van der Waals surface area contributed by atoms with Crippen LogP contribution in [0.25, 0.3) is 0 Å². The number of carbonyl (C=O) groups excluding carboxylic acids is 1. The van der Waals surface area contributed by atoms with Crippen molar-refractivity contribution in [2.24, 2.45) is 5.73 Å². The molecule has 0 unspecified atom stereocenters. The molecule has 0 radical (unpaired) electrons.